The van der Waals surface area contributed by atoms with Crippen molar-refractivity contribution in [3.63, 3.8) is 0 Å². The van der Waals surface area contributed by atoms with Crippen molar-refractivity contribution in [3.8, 4) is 0 Å². The Morgan fingerprint density at radius 3 is 1.51 bits per heavy atom. The van der Waals surface area contributed by atoms with E-state index < -0.39 is 0 Å². The molecule has 0 fully saturated rings. The average Bonchev–Trinajstić information content (AvgIpc) is 2.97. The van der Waals surface area contributed by atoms with E-state index >= 15 is 0 Å². The zero-order valence-corrected chi connectivity index (χ0v) is 30.9. The van der Waals surface area contributed by atoms with Crippen LogP contribution in [0, 0.1) is 5.41 Å². The van der Waals surface area contributed by atoms with Crippen LogP contribution in [0.25, 0.3) is 0 Å². The molecular formula is C41H79NO. The summed E-state index contributed by atoms with van der Waals surface area (Å²) in [5.74, 6) is 0. The van der Waals surface area contributed by atoms with Crippen LogP contribution in [0.1, 0.15) is 196 Å². The number of nitrogens with zero attached hydrogens (tertiary/aromatic N) is 1. The van der Waals surface area contributed by atoms with Gasteiger partial charge in [-0.25, -0.2) is 0 Å². The molecule has 0 aliphatic rings. The van der Waals surface area contributed by atoms with Gasteiger partial charge in [0.1, 0.15) is 0 Å². The lowest BCUT2D eigenvalue weighted by molar-refractivity contribution is 0.105. The molecular weight excluding hydrogens is 522 g/mol. The highest BCUT2D eigenvalue weighted by atomic mass is 16.5. The van der Waals surface area contributed by atoms with Gasteiger partial charge in [-0.3, -0.25) is 0 Å². The topological polar surface area (TPSA) is 12.5 Å². The Morgan fingerprint density at radius 2 is 1.02 bits per heavy atom. The van der Waals surface area contributed by atoms with E-state index in [0.29, 0.717) is 6.10 Å². The normalized spacial score (nSPS) is 14.9. The van der Waals surface area contributed by atoms with Crippen molar-refractivity contribution in [1.82, 2.24) is 4.90 Å². The molecule has 0 aromatic rings. The Hall–Kier alpha value is -1.02. The van der Waals surface area contributed by atoms with Crippen LogP contribution in [0.3, 0.4) is 0 Å². The summed E-state index contributed by atoms with van der Waals surface area (Å²) in [6, 6.07) is 0. The smallest absolute Gasteiger partial charge is 0.0978 e. The van der Waals surface area contributed by atoms with Gasteiger partial charge in [-0.1, -0.05) is 142 Å². The summed E-state index contributed by atoms with van der Waals surface area (Å²) in [5.41, 5.74) is 0.337. The third-order valence-corrected chi connectivity index (χ3v) is 9.57. The van der Waals surface area contributed by atoms with Gasteiger partial charge in [0.05, 0.1) is 12.4 Å². The van der Waals surface area contributed by atoms with E-state index in [9.17, 15) is 0 Å². The lowest BCUT2D eigenvalue weighted by atomic mass is 9.77. The Morgan fingerprint density at radius 1 is 0.581 bits per heavy atom. The lowest BCUT2D eigenvalue weighted by Gasteiger charge is -2.41. The van der Waals surface area contributed by atoms with Crippen molar-refractivity contribution in [2.24, 2.45) is 5.41 Å². The molecule has 0 saturated heterocycles. The fourth-order valence-corrected chi connectivity index (χ4v) is 6.12. The van der Waals surface area contributed by atoms with E-state index in [2.05, 4.69) is 97.2 Å². The molecule has 2 unspecified atom stereocenters. The minimum atomic E-state index is 0.123. The standard InChI is InChI=1S/C41H79NO/c1-9-12-14-16-18-20-21-22-23-24-25-26-27-29-31-33-35-39(34-32-30-28-19-17-15-13-10-2)43-37-36-40(4,5)38-41(6,11-3)42(7)8/h18,20,22-23,36-37,39H,9-17,19,21,24-35,38H2,1-8H3/b20-18-,23-22-,37-36+. The number of allylic oxidation sites excluding steroid dienone is 5. The summed E-state index contributed by atoms with van der Waals surface area (Å²) in [4.78, 5) is 2.39. The molecule has 2 atom stereocenters. The van der Waals surface area contributed by atoms with Crippen LogP contribution in [0.15, 0.2) is 36.6 Å². The van der Waals surface area contributed by atoms with Crippen LogP contribution in [0.2, 0.25) is 0 Å². The van der Waals surface area contributed by atoms with E-state index in [0.717, 1.165) is 19.3 Å². The maximum absolute atomic E-state index is 6.46. The first-order valence-electron chi connectivity index (χ1n) is 19.0. The first kappa shape index (κ1) is 42.0. The molecule has 0 spiro atoms. The summed E-state index contributed by atoms with van der Waals surface area (Å²) in [7, 11) is 4.43. The molecule has 0 aliphatic carbocycles. The molecule has 0 bridgehead atoms. The summed E-state index contributed by atoms with van der Waals surface area (Å²) >= 11 is 0. The van der Waals surface area contributed by atoms with Crippen molar-refractivity contribution in [3.05, 3.63) is 36.6 Å². The maximum Gasteiger partial charge on any atom is 0.0978 e. The molecule has 0 heterocycles. The second-order valence-electron chi connectivity index (χ2n) is 14.6. The maximum atomic E-state index is 6.46. The first-order valence-corrected chi connectivity index (χ1v) is 19.0. The van der Waals surface area contributed by atoms with Gasteiger partial charge in [0, 0.05) is 5.54 Å². The van der Waals surface area contributed by atoms with Gasteiger partial charge in [-0.2, -0.15) is 0 Å². The highest BCUT2D eigenvalue weighted by Gasteiger charge is 2.31. The van der Waals surface area contributed by atoms with Crippen LogP contribution < -0.4 is 0 Å². The molecule has 2 nitrogen and oxygen atoms in total. The highest BCUT2D eigenvalue weighted by molar-refractivity contribution is 4.98. The van der Waals surface area contributed by atoms with Gasteiger partial charge < -0.3 is 9.64 Å². The minimum Gasteiger partial charge on any atom is -0.498 e. The predicted octanol–water partition coefficient (Wildman–Crippen LogP) is 13.8. The van der Waals surface area contributed by atoms with Gasteiger partial charge in [0.2, 0.25) is 0 Å². The minimum absolute atomic E-state index is 0.123. The zero-order chi connectivity index (χ0) is 32.1. The van der Waals surface area contributed by atoms with Crippen molar-refractivity contribution in [1.29, 1.82) is 0 Å². The van der Waals surface area contributed by atoms with E-state index in [1.54, 1.807) is 0 Å². The van der Waals surface area contributed by atoms with Gasteiger partial charge in [0.25, 0.3) is 0 Å². The fourth-order valence-electron chi connectivity index (χ4n) is 6.12. The van der Waals surface area contributed by atoms with E-state index in [4.69, 9.17) is 4.74 Å². The molecule has 0 saturated carbocycles. The molecule has 0 amide bonds. The number of hydrogen-bond donors (Lipinski definition) is 0. The molecule has 0 N–H and O–H groups in total. The second kappa shape index (κ2) is 28.5. The Bertz CT molecular complexity index is 675. The summed E-state index contributed by atoms with van der Waals surface area (Å²) in [6.45, 7) is 14.0. The quantitative estimate of drug-likeness (QED) is 0.0445. The average molecular weight is 602 g/mol. The van der Waals surface area contributed by atoms with Crippen LogP contribution in [-0.4, -0.2) is 30.6 Å². The van der Waals surface area contributed by atoms with Gasteiger partial charge in [-0.15, -0.1) is 0 Å². The number of hydrogen-bond acceptors (Lipinski definition) is 2. The molecule has 0 aliphatic heterocycles. The van der Waals surface area contributed by atoms with Crippen LogP contribution >= 0.6 is 0 Å². The molecule has 0 aromatic heterocycles. The molecule has 0 radical (unpaired) electrons. The van der Waals surface area contributed by atoms with Crippen molar-refractivity contribution >= 4 is 0 Å². The molecule has 43 heavy (non-hydrogen) atoms. The van der Waals surface area contributed by atoms with Crippen molar-refractivity contribution < 1.29 is 4.74 Å². The number of rotatable bonds is 31. The second-order valence-corrected chi connectivity index (χ2v) is 14.6. The van der Waals surface area contributed by atoms with Gasteiger partial charge in [-0.05, 0) is 103 Å². The monoisotopic (exact) mass is 602 g/mol. The molecule has 0 rings (SSSR count). The Balaban J connectivity index is 4.40. The summed E-state index contributed by atoms with van der Waals surface area (Å²) < 4.78 is 6.46. The van der Waals surface area contributed by atoms with E-state index in [1.807, 2.05) is 0 Å². The molecule has 254 valence electrons. The van der Waals surface area contributed by atoms with Gasteiger partial charge >= 0.3 is 0 Å². The number of ether oxygens (including phenoxy) is 1. The lowest BCUT2D eigenvalue weighted by Crippen LogP contribution is -2.43. The first-order chi connectivity index (χ1) is 20.7. The van der Waals surface area contributed by atoms with Crippen LogP contribution in [0.5, 0.6) is 0 Å². The number of unbranched alkanes of at least 4 members (excludes halogenated alkanes) is 16. The molecule has 0 aromatic carbocycles. The van der Waals surface area contributed by atoms with Crippen molar-refractivity contribution in [2.45, 2.75) is 207 Å². The summed E-state index contributed by atoms with van der Waals surface area (Å²) in [5, 5.41) is 0. The van der Waals surface area contributed by atoms with Crippen molar-refractivity contribution in [2.75, 3.05) is 14.1 Å². The Labute approximate surface area is 272 Å². The van der Waals surface area contributed by atoms with Crippen LogP contribution in [-0.2, 0) is 4.74 Å². The molecule has 2 heteroatoms. The highest BCUT2D eigenvalue weighted by Crippen LogP contribution is 2.34. The Kier molecular flexibility index (Phi) is 27.8. The zero-order valence-electron chi connectivity index (χ0n) is 30.9. The largest absolute Gasteiger partial charge is 0.498 e. The fraction of sp³-hybridized carbons (Fsp3) is 0.854. The SMILES string of the molecule is CCCCC/C=C\C/C=C\CCCCCCCCC(CCCCCCCCCC)O/C=C/C(C)(C)CC(C)(CC)N(C)C. The predicted molar refractivity (Wildman–Crippen MR) is 196 cm³/mol. The third-order valence-electron chi connectivity index (χ3n) is 9.57. The van der Waals surface area contributed by atoms with E-state index in [1.165, 1.54) is 135 Å². The van der Waals surface area contributed by atoms with Gasteiger partial charge in [0.15, 0.2) is 0 Å². The summed E-state index contributed by atoms with van der Waals surface area (Å²) in [6.07, 6.45) is 45.7. The third kappa shape index (κ3) is 26.0. The van der Waals surface area contributed by atoms with E-state index in [-0.39, 0.29) is 11.0 Å². The van der Waals surface area contributed by atoms with Crippen LogP contribution in [0.4, 0.5) is 0 Å².